The molecule has 1 atom stereocenters. The van der Waals surface area contributed by atoms with Crippen molar-refractivity contribution in [3.63, 3.8) is 0 Å². The minimum Gasteiger partial charge on any atom is -0.444 e. The average molecular weight is 492 g/mol. The first-order chi connectivity index (χ1) is 17.1. The molecule has 1 aromatic carbocycles. The third-order valence-corrected chi connectivity index (χ3v) is 6.02. The van der Waals surface area contributed by atoms with Gasteiger partial charge in [-0.25, -0.2) is 9.78 Å². The number of piperidine rings is 1. The molecule has 11 nitrogen and oxygen atoms in total. The highest BCUT2D eigenvalue weighted by molar-refractivity contribution is 6.13. The summed E-state index contributed by atoms with van der Waals surface area (Å²) in [7, 11) is 0. The molecule has 0 saturated carbocycles. The zero-order valence-electron chi connectivity index (χ0n) is 20.7. The fourth-order valence-electron chi connectivity index (χ4n) is 4.44. The van der Waals surface area contributed by atoms with Crippen LogP contribution in [0.15, 0.2) is 34.9 Å². The van der Waals surface area contributed by atoms with Crippen LogP contribution in [-0.4, -0.2) is 55.3 Å². The number of fused-ring (bicyclic) bond motifs is 2. The number of amides is 2. The summed E-state index contributed by atoms with van der Waals surface area (Å²) >= 11 is 0. The van der Waals surface area contributed by atoms with E-state index in [1.165, 1.54) is 0 Å². The monoisotopic (exact) mass is 491 g/mol. The Hall–Kier alpha value is -4.15. The topological polar surface area (TPSA) is 141 Å². The summed E-state index contributed by atoms with van der Waals surface area (Å²) in [6.45, 7) is 8.47. The second-order valence-corrected chi connectivity index (χ2v) is 10.1. The van der Waals surface area contributed by atoms with Crippen molar-refractivity contribution in [3.8, 4) is 0 Å². The lowest BCUT2D eigenvalue weighted by atomic mass is 10.1. The van der Waals surface area contributed by atoms with E-state index in [1.807, 2.05) is 39.8 Å². The molecule has 1 aliphatic heterocycles. The van der Waals surface area contributed by atoms with Crippen LogP contribution in [0, 0.1) is 6.92 Å². The molecule has 3 N–H and O–H groups in total. The summed E-state index contributed by atoms with van der Waals surface area (Å²) < 4.78 is 13.0. The lowest BCUT2D eigenvalue weighted by molar-refractivity contribution is 0.0169. The second kappa shape index (κ2) is 8.81. The summed E-state index contributed by atoms with van der Waals surface area (Å²) in [5.74, 6) is -0.321. The zero-order chi connectivity index (χ0) is 25.6. The minimum atomic E-state index is -0.586. The molecule has 4 aromatic rings. The van der Waals surface area contributed by atoms with Crippen LogP contribution in [0.3, 0.4) is 0 Å². The highest BCUT2D eigenvalue weighted by atomic mass is 16.6. The number of benzene rings is 1. The number of rotatable bonds is 3. The van der Waals surface area contributed by atoms with E-state index in [-0.39, 0.29) is 29.7 Å². The van der Waals surface area contributed by atoms with E-state index in [4.69, 9.17) is 14.9 Å². The van der Waals surface area contributed by atoms with Crippen molar-refractivity contribution >= 4 is 45.8 Å². The lowest BCUT2D eigenvalue weighted by Gasteiger charge is -2.34. The number of carbonyl (C=O) groups is 2. The van der Waals surface area contributed by atoms with Gasteiger partial charge in [0.15, 0.2) is 11.3 Å². The highest BCUT2D eigenvalue weighted by Gasteiger charge is 2.31. The first-order valence-electron chi connectivity index (χ1n) is 11.9. The Bertz CT molecular complexity index is 1470. The van der Waals surface area contributed by atoms with Crippen molar-refractivity contribution in [3.05, 3.63) is 41.7 Å². The molecule has 1 aliphatic rings. The van der Waals surface area contributed by atoms with Crippen molar-refractivity contribution in [1.29, 1.82) is 0 Å². The Kier molecular flexibility index (Phi) is 5.77. The summed E-state index contributed by atoms with van der Waals surface area (Å²) in [4.78, 5) is 36.2. The van der Waals surface area contributed by atoms with E-state index in [2.05, 4.69) is 20.4 Å². The number of nitrogens with zero attached hydrogens (tertiary/aromatic N) is 5. The maximum absolute atomic E-state index is 13.3. The van der Waals surface area contributed by atoms with E-state index in [0.29, 0.717) is 35.1 Å². The molecule has 4 heterocycles. The summed E-state index contributed by atoms with van der Waals surface area (Å²) in [6, 6.07) is 7.26. The molecule has 3 aromatic heterocycles. The number of ether oxygens (including phenoxy) is 1. The standard InChI is InChI=1S/C25H29N7O4/c1-14-7-8-18-16(12-14)28-23(35-18)29-22(33)20-19-17(9-10-27-21(19)26)32(30-20)15-6-5-11-31(13-15)24(34)36-25(2,3)4/h7-10,12,15H,5-6,11,13H2,1-4H3,(H2,26,27)(H,28,29,33). The molecule has 5 rings (SSSR count). The molecule has 0 aliphatic carbocycles. The van der Waals surface area contributed by atoms with Crippen LogP contribution >= 0.6 is 0 Å². The van der Waals surface area contributed by atoms with Crippen molar-refractivity contribution in [2.45, 2.75) is 52.2 Å². The number of nitrogens with two attached hydrogens (primary N) is 1. The average Bonchev–Trinajstić information content (AvgIpc) is 3.39. The lowest BCUT2D eigenvalue weighted by Crippen LogP contribution is -2.43. The van der Waals surface area contributed by atoms with Crippen molar-refractivity contribution in [2.24, 2.45) is 0 Å². The van der Waals surface area contributed by atoms with Crippen LogP contribution in [0.25, 0.3) is 22.0 Å². The van der Waals surface area contributed by atoms with Gasteiger partial charge in [0, 0.05) is 19.3 Å². The van der Waals surface area contributed by atoms with Gasteiger partial charge in [0.2, 0.25) is 0 Å². The van der Waals surface area contributed by atoms with Crippen LogP contribution in [0.5, 0.6) is 0 Å². The van der Waals surface area contributed by atoms with Gasteiger partial charge in [-0.05, 0) is 64.3 Å². The fraction of sp³-hybridized carbons (Fsp3) is 0.400. The molecule has 1 fully saturated rings. The Morgan fingerprint density at radius 2 is 2.06 bits per heavy atom. The van der Waals surface area contributed by atoms with Gasteiger partial charge < -0.3 is 19.8 Å². The van der Waals surface area contributed by atoms with Crippen molar-refractivity contribution < 1.29 is 18.7 Å². The summed E-state index contributed by atoms with van der Waals surface area (Å²) in [6.07, 6.45) is 2.77. The third-order valence-electron chi connectivity index (χ3n) is 6.02. The predicted molar refractivity (Wildman–Crippen MR) is 135 cm³/mol. The Morgan fingerprint density at radius 3 is 2.83 bits per heavy atom. The van der Waals surface area contributed by atoms with Gasteiger partial charge in [0.25, 0.3) is 5.91 Å². The third kappa shape index (κ3) is 4.56. The first kappa shape index (κ1) is 23.6. The van der Waals surface area contributed by atoms with Gasteiger partial charge in [0.05, 0.1) is 16.9 Å². The predicted octanol–water partition coefficient (Wildman–Crippen LogP) is 4.29. The zero-order valence-corrected chi connectivity index (χ0v) is 20.7. The highest BCUT2D eigenvalue weighted by Crippen LogP contribution is 2.31. The van der Waals surface area contributed by atoms with E-state index in [0.717, 1.165) is 18.4 Å². The van der Waals surface area contributed by atoms with Crippen molar-refractivity contribution in [2.75, 3.05) is 24.1 Å². The van der Waals surface area contributed by atoms with E-state index < -0.39 is 11.5 Å². The van der Waals surface area contributed by atoms with Crippen LogP contribution < -0.4 is 11.1 Å². The number of carbonyl (C=O) groups excluding carboxylic acids is 2. The van der Waals surface area contributed by atoms with Crippen LogP contribution in [0.2, 0.25) is 0 Å². The summed E-state index contributed by atoms with van der Waals surface area (Å²) in [5, 5.41) is 7.78. The van der Waals surface area contributed by atoms with Gasteiger partial charge in [-0.1, -0.05) is 6.07 Å². The van der Waals surface area contributed by atoms with Gasteiger partial charge in [-0.3, -0.25) is 14.8 Å². The maximum atomic E-state index is 13.3. The molecule has 0 spiro atoms. The largest absolute Gasteiger partial charge is 0.444 e. The number of pyridine rings is 1. The number of aromatic nitrogens is 4. The molecule has 11 heteroatoms. The number of aryl methyl sites for hydroxylation is 1. The number of oxazole rings is 1. The van der Waals surface area contributed by atoms with Gasteiger partial charge >= 0.3 is 12.1 Å². The molecule has 1 saturated heterocycles. The smallest absolute Gasteiger partial charge is 0.410 e. The number of hydrogen-bond donors (Lipinski definition) is 2. The van der Waals surface area contributed by atoms with Crippen LogP contribution in [0.4, 0.5) is 16.6 Å². The van der Waals surface area contributed by atoms with E-state index >= 15 is 0 Å². The molecule has 2 amide bonds. The Labute approximate surface area is 207 Å². The molecule has 1 unspecified atom stereocenters. The first-order valence-corrected chi connectivity index (χ1v) is 11.9. The summed E-state index contributed by atoms with van der Waals surface area (Å²) in [5.41, 5.74) is 8.62. The van der Waals surface area contributed by atoms with Gasteiger partial charge in [0.1, 0.15) is 16.9 Å². The van der Waals surface area contributed by atoms with Gasteiger partial charge in [-0.2, -0.15) is 10.1 Å². The molecule has 0 bridgehead atoms. The van der Waals surface area contributed by atoms with Crippen LogP contribution in [-0.2, 0) is 4.74 Å². The SMILES string of the molecule is Cc1ccc2oc(NC(=O)c3nn(C4CCCN(C(=O)OC(C)(C)C)C4)c4ccnc(N)c34)nc2c1. The number of nitrogens with one attached hydrogen (secondary N) is 1. The van der Waals surface area contributed by atoms with Crippen LogP contribution in [0.1, 0.15) is 55.7 Å². The maximum Gasteiger partial charge on any atom is 0.410 e. The Morgan fingerprint density at radius 1 is 1.25 bits per heavy atom. The molecular weight excluding hydrogens is 462 g/mol. The fourth-order valence-corrected chi connectivity index (χ4v) is 4.44. The molecule has 188 valence electrons. The second-order valence-electron chi connectivity index (χ2n) is 10.1. The van der Waals surface area contributed by atoms with Crippen molar-refractivity contribution in [1.82, 2.24) is 24.6 Å². The normalized spacial score (nSPS) is 16.4. The number of hydrogen-bond acceptors (Lipinski definition) is 8. The van der Waals surface area contributed by atoms with Gasteiger partial charge in [-0.15, -0.1) is 0 Å². The number of nitrogen functional groups attached to an aromatic ring is 1. The number of anilines is 2. The number of likely N-dealkylation sites (tertiary alicyclic amines) is 1. The molecular formula is C25H29N7O4. The minimum absolute atomic E-state index is 0.0690. The van der Waals surface area contributed by atoms with E-state index in [9.17, 15) is 9.59 Å². The molecule has 0 radical (unpaired) electrons. The Balaban J connectivity index is 1.45. The van der Waals surface area contributed by atoms with E-state index in [1.54, 1.807) is 27.9 Å². The quantitative estimate of drug-likeness (QED) is 0.432. The molecule has 36 heavy (non-hydrogen) atoms.